The van der Waals surface area contributed by atoms with E-state index in [2.05, 4.69) is 0 Å². The van der Waals surface area contributed by atoms with Gasteiger partial charge in [-0.25, -0.2) is 0 Å². The molecule has 2 heterocycles. The van der Waals surface area contributed by atoms with E-state index < -0.39 is 0 Å². The molecule has 0 aliphatic carbocycles. The molecule has 6 heteroatoms. The predicted molar refractivity (Wildman–Crippen MR) is 99.0 cm³/mol. The van der Waals surface area contributed by atoms with Crippen molar-refractivity contribution in [2.45, 2.75) is 13.3 Å². The fourth-order valence-corrected chi connectivity index (χ4v) is 3.11. The van der Waals surface area contributed by atoms with Gasteiger partial charge >= 0.3 is 0 Å². The van der Waals surface area contributed by atoms with Crippen LogP contribution in [0.1, 0.15) is 11.1 Å². The second-order valence-electron chi connectivity index (χ2n) is 6.68. The van der Waals surface area contributed by atoms with Gasteiger partial charge in [0.05, 0.1) is 6.42 Å². The van der Waals surface area contributed by atoms with Gasteiger partial charge in [0.1, 0.15) is 5.75 Å². The summed E-state index contributed by atoms with van der Waals surface area (Å²) in [5.74, 6) is 0.806. The van der Waals surface area contributed by atoms with Crippen LogP contribution < -0.4 is 4.74 Å². The highest BCUT2D eigenvalue weighted by Crippen LogP contribution is 2.16. The number of hydrogen-bond acceptors (Lipinski definition) is 3. The fraction of sp³-hybridized carbons (Fsp3) is 0.400. The van der Waals surface area contributed by atoms with Crippen molar-refractivity contribution in [3.63, 3.8) is 0 Å². The average Bonchev–Trinajstić information content (AvgIpc) is 3.05. The van der Waals surface area contributed by atoms with E-state index in [1.54, 1.807) is 4.90 Å². The molecule has 1 aliphatic rings. The molecule has 1 aliphatic heterocycles. The monoisotopic (exact) mass is 355 g/mol. The number of aryl methyl sites for hydroxylation is 2. The van der Waals surface area contributed by atoms with E-state index in [1.165, 1.54) is 0 Å². The van der Waals surface area contributed by atoms with Crippen LogP contribution in [0.3, 0.4) is 0 Å². The van der Waals surface area contributed by atoms with E-state index in [0.29, 0.717) is 32.6 Å². The van der Waals surface area contributed by atoms with Crippen LogP contribution in [0.5, 0.6) is 5.75 Å². The molecule has 1 saturated heterocycles. The number of benzene rings is 1. The molecule has 0 N–H and O–H groups in total. The Morgan fingerprint density at radius 1 is 1.00 bits per heavy atom. The Labute approximate surface area is 154 Å². The molecule has 26 heavy (non-hydrogen) atoms. The number of carbonyl (C=O) groups is 2. The minimum atomic E-state index is -0.0385. The van der Waals surface area contributed by atoms with Crippen molar-refractivity contribution < 1.29 is 14.3 Å². The summed E-state index contributed by atoms with van der Waals surface area (Å²) in [5.41, 5.74) is 2.03. The number of aromatic nitrogens is 1. The van der Waals surface area contributed by atoms with Crippen LogP contribution in [-0.4, -0.2) is 59.0 Å². The Morgan fingerprint density at radius 3 is 2.27 bits per heavy atom. The molecule has 2 amide bonds. The van der Waals surface area contributed by atoms with Crippen LogP contribution in [0.4, 0.5) is 0 Å². The average molecular weight is 355 g/mol. The molecule has 1 aromatic heterocycles. The zero-order valence-corrected chi connectivity index (χ0v) is 15.4. The molecule has 0 radical (unpaired) electrons. The Kier molecular flexibility index (Phi) is 5.61. The number of nitrogens with zero attached hydrogens (tertiary/aromatic N) is 3. The van der Waals surface area contributed by atoms with Crippen molar-refractivity contribution in [2.75, 3.05) is 32.8 Å². The zero-order chi connectivity index (χ0) is 18.5. The van der Waals surface area contributed by atoms with E-state index in [0.717, 1.165) is 16.9 Å². The van der Waals surface area contributed by atoms with E-state index in [4.69, 9.17) is 4.74 Å². The van der Waals surface area contributed by atoms with Crippen molar-refractivity contribution in [1.82, 2.24) is 14.4 Å². The van der Waals surface area contributed by atoms with Crippen LogP contribution in [0.2, 0.25) is 0 Å². The highest BCUT2D eigenvalue weighted by Gasteiger charge is 2.24. The smallest absolute Gasteiger partial charge is 0.260 e. The standard InChI is InChI=1S/C20H25N3O3/c1-16-5-3-4-6-18(16)26-15-20(25)23-11-9-22(10-12-23)19(24)13-17-7-8-21(2)14-17/h3-8,14H,9-13,15H2,1-2H3. The third-order valence-corrected chi connectivity index (χ3v) is 4.68. The van der Waals surface area contributed by atoms with Gasteiger partial charge < -0.3 is 19.1 Å². The molecule has 138 valence electrons. The molecule has 0 spiro atoms. The van der Waals surface area contributed by atoms with Crippen molar-refractivity contribution in [3.05, 3.63) is 53.9 Å². The maximum absolute atomic E-state index is 12.4. The van der Waals surface area contributed by atoms with Gasteiger partial charge in [0.25, 0.3) is 5.91 Å². The first-order chi connectivity index (χ1) is 12.5. The van der Waals surface area contributed by atoms with Crippen LogP contribution in [0, 0.1) is 6.92 Å². The maximum atomic E-state index is 12.4. The third-order valence-electron chi connectivity index (χ3n) is 4.68. The Morgan fingerprint density at radius 2 is 1.65 bits per heavy atom. The number of amides is 2. The highest BCUT2D eigenvalue weighted by atomic mass is 16.5. The Bertz CT molecular complexity index is 776. The Hall–Kier alpha value is -2.76. The summed E-state index contributed by atoms with van der Waals surface area (Å²) in [5, 5.41) is 0. The normalized spacial score (nSPS) is 14.4. The van der Waals surface area contributed by atoms with Crippen molar-refractivity contribution >= 4 is 11.8 Å². The third kappa shape index (κ3) is 4.45. The van der Waals surface area contributed by atoms with Gasteiger partial charge in [0.2, 0.25) is 5.91 Å². The second-order valence-corrected chi connectivity index (χ2v) is 6.68. The minimum absolute atomic E-state index is 0.0306. The van der Waals surface area contributed by atoms with Crippen molar-refractivity contribution in [2.24, 2.45) is 7.05 Å². The van der Waals surface area contributed by atoms with Gasteiger partial charge in [-0.3, -0.25) is 9.59 Å². The van der Waals surface area contributed by atoms with Gasteiger partial charge in [-0.1, -0.05) is 18.2 Å². The number of hydrogen-bond donors (Lipinski definition) is 0. The molecule has 6 nitrogen and oxygen atoms in total. The number of rotatable bonds is 5. The van der Waals surface area contributed by atoms with E-state index in [-0.39, 0.29) is 18.4 Å². The predicted octanol–water partition coefficient (Wildman–Crippen LogP) is 1.63. The van der Waals surface area contributed by atoms with Crippen molar-refractivity contribution in [1.29, 1.82) is 0 Å². The number of ether oxygens (including phenoxy) is 1. The second kappa shape index (κ2) is 8.08. The largest absolute Gasteiger partial charge is 0.484 e. The van der Waals surface area contributed by atoms with Crippen LogP contribution in [0.15, 0.2) is 42.7 Å². The van der Waals surface area contributed by atoms with Crippen LogP contribution >= 0.6 is 0 Å². The van der Waals surface area contributed by atoms with Crippen LogP contribution in [0.25, 0.3) is 0 Å². The molecule has 1 aromatic carbocycles. The number of piperazine rings is 1. The number of carbonyl (C=O) groups excluding carboxylic acids is 2. The molecule has 0 saturated carbocycles. The van der Waals surface area contributed by atoms with E-state index in [9.17, 15) is 9.59 Å². The lowest BCUT2D eigenvalue weighted by Crippen LogP contribution is -2.52. The van der Waals surface area contributed by atoms with Gasteiger partial charge in [-0.15, -0.1) is 0 Å². The summed E-state index contributed by atoms with van der Waals surface area (Å²) in [7, 11) is 1.94. The SMILES string of the molecule is Cc1ccccc1OCC(=O)N1CCN(C(=O)Cc2ccn(C)c2)CC1. The summed E-state index contributed by atoms with van der Waals surface area (Å²) in [4.78, 5) is 28.3. The molecular weight excluding hydrogens is 330 g/mol. The molecule has 3 rings (SSSR count). The first-order valence-electron chi connectivity index (χ1n) is 8.88. The van der Waals surface area contributed by atoms with E-state index in [1.807, 2.05) is 66.2 Å². The minimum Gasteiger partial charge on any atom is -0.484 e. The topological polar surface area (TPSA) is 54.8 Å². The lowest BCUT2D eigenvalue weighted by Gasteiger charge is -2.34. The summed E-state index contributed by atoms with van der Waals surface area (Å²) in [6.45, 7) is 4.23. The summed E-state index contributed by atoms with van der Waals surface area (Å²) in [6.07, 6.45) is 4.30. The van der Waals surface area contributed by atoms with E-state index >= 15 is 0 Å². The first-order valence-corrected chi connectivity index (χ1v) is 8.88. The van der Waals surface area contributed by atoms with Crippen molar-refractivity contribution in [3.8, 4) is 5.75 Å². The molecule has 0 bridgehead atoms. The molecular formula is C20H25N3O3. The fourth-order valence-electron chi connectivity index (χ4n) is 3.11. The van der Waals surface area contributed by atoms with Gasteiger partial charge in [-0.05, 0) is 30.2 Å². The lowest BCUT2D eigenvalue weighted by atomic mass is 10.2. The summed E-state index contributed by atoms with van der Waals surface area (Å²) >= 11 is 0. The van der Waals surface area contributed by atoms with Crippen LogP contribution in [-0.2, 0) is 23.1 Å². The molecule has 0 atom stereocenters. The highest BCUT2D eigenvalue weighted by molar-refractivity contribution is 5.80. The molecule has 1 fully saturated rings. The Balaban J connectivity index is 1.44. The quantitative estimate of drug-likeness (QED) is 0.819. The first kappa shape index (κ1) is 18.0. The van der Waals surface area contributed by atoms with Gasteiger partial charge in [-0.2, -0.15) is 0 Å². The van der Waals surface area contributed by atoms with Gasteiger partial charge in [0, 0.05) is 45.6 Å². The summed E-state index contributed by atoms with van der Waals surface area (Å²) < 4.78 is 7.57. The molecule has 0 unspecified atom stereocenters. The van der Waals surface area contributed by atoms with Gasteiger partial charge in [0.15, 0.2) is 6.61 Å². The maximum Gasteiger partial charge on any atom is 0.260 e. The lowest BCUT2D eigenvalue weighted by molar-refractivity contribution is -0.140. The molecule has 2 aromatic rings. The number of para-hydroxylation sites is 1. The summed E-state index contributed by atoms with van der Waals surface area (Å²) in [6, 6.07) is 9.61. The zero-order valence-electron chi connectivity index (χ0n) is 15.4.